The van der Waals surface area contributed by atoms with E-state index < -0.39 is 23.2 Å². The van der Waals surface area contributed by atoms with E-state index in [2.05, 4.69) is 10.3 Å². The smallest absolute Gasteiger partial charge is 0.348 e. The lowest BCUT2D eigenvalue weighted by Crippen LogP contribution is -2.38. The second kappa shape index (κ2) is 7.95. The molecular formula is C22H24N2O5. The van der Waals surface area contributed by atoms with Crippen molar-refractivity contribution in [1.82, 2.24) is 4.98 Å². The molecule has 152 valence electrons. The summed E-state index contributed by atoms with van der Waals surface area (Å²) in [6.45, 7) is 7.14. The number of benzene rings is 2. The molecule has 1 heterocycles. The molecule has 0 unspecified atom stereocenters. The Morgan fingerprint density at radius 1 is 1.21 bits per heavy atom. The average Bonchev–Trinajstić information content (AvgIpc) is 2.61. The second-order valence-corrected chi connectivity index (χ2v) is 7.88. The fourth-order valence-electron chi connectivity index (χ4n) is 2.93. The Labute approximate surface area is 168 Å². The van der Waals surface area contributed by atoms with Crippen molar-refractivity contribution in [2.24, 2.45) is 0 Å². The highest BCUT2D eigenvalue weighted by Crippen LogP contribution is 2.19. The number of hydrogen-bond donors (Lipinski definition) is 2. The first-order chi connectivity index (χ1) is 13.6. The van der Waals surface area contributed by atoms with E-state index in [0.717, 1.165) is 11.1 Å². The zero-order valence-corrected chi connectivity index (χ0v) is 16.9. The van der Waals surface area contributed by atoms with Crippen molar-refractivity contribution in [3.8, 4) is 5.75 Å². The van der Waals surface area contributed by atoms with Crippen LogP contribution in [-0.2, 0) is 16.0 Å². The summed E-state index contributed by atoms with van der Waals surface area (Å²) in [5.41, 5.74) is 0.841. The largest absolute Gasteiger partial charge is 0.508 e. The number of aromatic nitrogens is 1. The summed E-state index contributed by atoms with van der Waals surface area (Å²) in [5.74, 6) is -0.368. The summed E-state index contributed by atoms with van der Waals surface area (Å²) >= 11 is 0. The Hall–Kier alpha value is -3.35. The van der Waals surface area contributed by atoms with Crippen LogP contribution in [0.1, 0.15) is 31.9 Å². The molecule has 0 amide bonds. The molecule has 3 aromatic rings. The molecule has 0 fully saturated rings. The van der Waals surface area contributed by atoms with Gasteiger partial charge in [0.2, 0.25) is 0 Å². The first-order valence-corrected chi connectivity index (χ1v) is 9.30. The number of fused-ring (bicyclic) bond motifs is 1. The molecule has 2 aromatic carbocycles. The monoisotopic (exact) mass is 396 g/mol. The lowest BCUT2D eigenvalue weighted by molar-refractivity contribution is -0.155. The van der Waals surface area contributed by atoms with Gasteiger partial charge in [-0.1, -0.05) is 24.3 Å². The highest BCUT2D eigenvalue weighted by Gasteiger charge is 2.27. The summed E-state index contributed by atoms with van der Waals surface area (Å²) in [6.07, 6.45) is 0.256. The third kappa shape index (κ3) is 5.13. The maximum absolute atomic E-state index is 12.8. The van der Waals surface area contributed by atoms with Gasteiger partial charge in [-0.2, -0.15) is 4.98 Å². The third-order valence-corrected chi connectivity index (χ3v) is 4.23. The van der Waals surface area contributed by atoms with E-state index in [-0.39, 0.29) is 18.2 Å². The summed E-state index contributed by atoms with van der Waals surface area (Å²) in [6, 6.07) is 10.9. The summed E-state index contributed by atoms with van der Waals surface area (Å²) in [5, 5.41) is 12.8. The lowest BCUT2D eigenvalue weighted by Gasteiger charge is -2.24. The summed E-state index contributed by atoms with van der Waals surface area (Å²) in [4.78, 5) is 29.5. The molecule has 1 aromatic heterocycles. The molecule has 1 atom stereocenters. The summed E-state index contributed by atoms with van der Waals surface area (Å²) < 4.78 is 10.8. The first kappa shape index (κ1) is 20.4. The van der Waals surface area contributed by atoms with Gasteiger partial charge in [-0.05, 0) is 57.0 Å². The van der Waals surface area contributed by atoms with Gasteiger partial charge >= 0.3 is 11.6 Å². The molecule has 0 aliphatic carbocycles. The Morgan fingerprint density at radius 2 is 1.90 bits per heavy atom. The van der Waals surface area contributed by atoms with Gasteiger partial charge in [0.15, 0.2) is 0 Å². The first-order valence-electron chi connectivity index (χ1n) is 9.30. The maximum Gasteiger partial charge on any atom is 0.348 e. The number of anilines is 1. The van der Waals surface area contributed by atoms with E-state index in [9.17, 15) is 14.7 Å². The van der Waals surface area contributed by atoms with E-state index in [1.807, 2.05) is 13.0 Å². The Bertz CT molecular complexity index is 1080. The predicted molar refractivity (Wildman–Crippen MR) is 110 cm³/mol. The van der Waals surface area contributed by atoms with Crippen LogP contribution in [0.4, 0.5) is 6.01 Å². The van der Waals surface area contributed by atoms with Crippen molar-refractivity contribution in [2.45, 2.75) is 45.8 Å². The van der Waals surface area contributed by atoms with Crippen LogP contribution in [0.15, 0.2) is 51.7 Å². The molecule has 29 heavy (non-hydrogen) atoms. The minimum atomic E-state index is -0.836. The molecule has 7 heteroatoms. The zero-order valence-electron chi connectivity index (χ0n) is 16.9. The van der Waals surface area contributed by atoms with Crippen molar-refractivity contribution in [3.05, 3.63) is 64.0 Å². The van der Waals surface area contributed by atoms with Crippen molar-refractivity contribution >= 4 is 22.9 Å². The number of phenols is 1. The average molecular weight is 396 g/mol. The molecule has 7 nitrogen and oxygen atoms in total. The van der Waals surface area contributed by atoms with Crippen molar-refractivity contribution in [2.75, 3.05) is 5.32 Å². The van der Waals surface area contributed by atoms with E-state index in [0.29, 0.717) is 10.9 Å². The molecular weight excluding hydrogens is 372 g/mol. The van der Waals surface area contributed by atoms with Crippen LogP contribution in [-0.4, -0.2) is 27.7 Å². The SMILES string of the molecule is Cc1cccc2nc(N[C@@H](Cc3ccc(O)cc3)C(=O)OC(C)(C)C)oc(=O)c12. The van der Waals surface area contributed by atoms with Crippen LogP contribution in [0.25, 0.3) is 10.9 Å². The quantitative estimate of drug-likeness (QED) is 0.636. The normalized spacial score (nSPS) is 12.6. The predicted octanol–water partition coefficient (Wildman–Crippen LogP) is 3.57. The molecule has 3 rings (SSSR count). The number of ether oxygens (including phenoxy) is 1. The number of nitrogens with one attached hydrogen (secondary N) is 1. The number of rotatable bonds is 5. The van der Waals surface area contributed by atoms with E-state index in [4.69, 9.17) is 9.15 Å². The molecule has 0 aliphatic heterocycles. The minimum absolute atomic E-state index is 0.0530. The van der Waals surface area contributed by atoms with Crippen molar-refractivity contribution in [1.29, 1.82) is 0 Å². The molecule has 0 saturated heterocycles. The van der Waals surface area contributed by atoms with Crippen LogP contribution in [0.3, 0.4) is 0 Å². The second-order valence-electron chi connectivity index (χ2n) is 7.88. The van der Waals surface area contributed by atoms with Crippen LogP contribution in [0, 0.1) is 6.92 Å². The summed E-state index contributed by atoms with van der Waals surface area (Å²) in [7, 11) is 0. The van der Waals surface area contributed by atoms with Crippen molar-refractivity contribution < 1.29 is 19.1 Å². The molecule has 0 spiro atoms. The number of carbonyl (C=O) groups is 1. The van der Waals surface area contributed by atoms with Crippen LogP contribution in [0.5, 0.6) is 5.75 Å². The van der Waals surface area contributed by atoms with Gasteiger partial charge in [0.25, 0.3) is 6.01 Å². The number of aryl methyl sites for hydroxylation is 1. The third-order valence-electron chi connectivity index (χ3n) is 4.23. The number of nitrogens with zero attached hydrogens (tertiary/aromatic N) is 1. The standard InChI is InChI=1S/C22H24N2O5/c1-13-6-5-7-16-18(13)20(27)28-21(23-16)24-17(19(26)29-22(2,3)4)12-14-8-10-15(25)11-9-14/h5-11,17,25H,12H2,1-4H3,(H,23,24)/t17-/m0/s1. The lowest BCUT2D eigenvalue weighted by atomic mass is 10.1. The molecule has 0 aliphatic rings. The van der Waals surface area contributed by atoms with Crippen LogP contribution >= 0.6 is 0 Å². The fraction of sp³-hybridized carbons (Fsp3) is 0.318. The molecule has 0 saturated carbocycles. The van der Waals surface area contributed by atoms with Gasteiger partial charge in [-0.25, -0.2) is 9.59 Å². The van der Waals surface area contributed by atoms with Gasteiger partial charge in [0.05, 0.1) is 10.9 Å². The Kier molecular flexibility index (Phi) is 5.59. The topological polar surface area (TPSA) is 102 Å². The highest BCUT2D eigenvalue weighted by molar-refractivity contribution is 5.82. The number of phenolic OH excluding ortho intramolecular Hbond substituents is 1. The van der Waals surface area contributed by atoms with E-state index in [1.165, 1.54) is 0 Å². The molecule has 2 N–H and O–H groups in total. The maximum atomic E-state index is 12.8. The van der Waals surface area contributed by atoms with Gasteiger partial charge in [-0.15, -0.1) is 0 Å². The van der Waals surface area contributed by atoms with Gasteiger partial charge in [-0.3, -0.25) is 0 Å². The van der Waals surface area contributed by atoms with Gasteiger partial charge < -0.3 is 19.6 Å². The van der Waals surface area contributed by atoms with Crippen LogP contribution < -0.4 is 10.9 Å². The number of carbonyl (C=O) groups excluding carboxylic acids is 1. The number of esters is 1. The fourth-order valence-corrected chi connectivity index (χ4v) is 2.93. The Morgan fingerprint density at radius 3 is 2.55 bits per heavy atom. The van der Waals surface area contributed by atoms with Crippen LogP contribution in [0.2, 0.25) is 0 Å². The number of hydrogen-bond acceptors (Lipinski definition) is 7. The number of aromatic hydroxyl groups is 1. The van der Waals surface area contributed by atoms with Gasteiger partial charge in [0.1, 0.15) is 17.4 Å². The van der Waals surface area contributed by atoms with Crippen molar-refractivity contribution in [3.63, 3.8) is 0 Å². The Balaban J connectivity index is 1.93. The highest BCUT2D eigenvalue weighted by atomic mass is 16.6. The van der Waals surface area contributed by atoms with E-state index >= 15 is 0 Å². The van der Waals surface area contributed by atoms with E-state index in [1.54, 1.807) is 57.2 Å². The molecule has 0 radical (unpaired) electrons. The van der Waals surface area contributed by atoms with Gasteiger partial charge in [0, 0.05) is 6.42 Å². The zero-order chi connectivity index (χ0) is 21.2. The minimum Gasteiger partial charge on any atom is -0.508 e. The molecule has 0 bridgehead atoms.